The van der Waals surface area contributed by atoms with E-state index in [-0.39, 0.29) is 5.38 Å². The van der Waals surface area contributed by atoms with E-state index in [1.54, 1.807) is 0 Å². The number of rotatable bonds is 4. The molecule has 0 heterocycles. The summed E-state index contributed by atoms with van der Waals surface area (Å²) in [6.07, 6.45) is 2.10. The quantitative estimate of drug-likeness (QED) is 0.654. The van der Waals surface area contributed by atoms with Gasteiger partial charge in [-0.3, -0.25) is 0 Å². The van der Waals surface area contributed by atoms with Crippen molar-refractivity contribution in [3.05, 3.63) is 0 Å². The maximum absolute atomic E-state index is 5.76. The van der Waals surface area contributed by atoms with Crippen LogP contribution in [0.1, 0.15) is 19.8 Å². The molecule has 0 N–H and O–H groups in total. The highest BCUT2D eigenvalue weighted by Gasteiger charge is 2.03. The zero-order valence-corrected chi connectivity index (χ0v) is 8.51. The van der Waals surface area contributed by atoms with Crippen LogP contribution >= 0.6 is 39.1 Å². The summed E-state index contributed by atoms with van der Waals surface area (Å²) in [5.41, 5.74) is 0. The van der Waals surface area contributed by atoms with Crippen molar-refractivity contribution in [2.75, 3.05) is 5.88 Å². The SMILES string of the molecule is CC(Br)CCC(Cl)CCl. The smallest absolute Gasteiger partial charge is 0.0471 e. The molecular formula is C6H11BrCl2. The molecule has 56 valence electrons. The lowest BCUT2D eigenvalue weighted by Crippen LogP contribution is -2.02. The van der Waals surface area contributed by atoms with Gasteiger partial charge < -0.3 is 0 Å². The summed E-state index contributed by atoms with van der Waals surface area (Å²) in [4.78, 5) is 0.557. The van der Waals surface area contributed by atoms with Gasteiger partial charge in [0, 0.05) is 16.1 Å². The highest BCUT2D eigenvalue weighted by molar-refractivity contribution is 9.09. The van der Waals surface area contributed by atoms with Crippen molar-refractivity contribution in [2.45, 2.75) is 30.0 Å². The Morgan fingerprint density at radius 1 is 1.44 bits per heavy atom. The predicted molar refractivity (Wildman–Crippen MR) is 48.0 cm³/mol. The molecule has 9 heavy (non-hydrogen) atoms. The van der Waals surface area contributed by atoms with Crippen molar-refractivity contribution in [3.8, 4) is 0 Å². The molecule has 2 atom stereocenters. The van der Waals surface area contributed by atoms with Gasteiger partial charge >= 0.3 is 0 Å². The van der Waals surface area contributed by atoms with Gasteiger partial charge in [-0.25, -0.2) is 0 Å². The molecule has 0 rings (SSSR count). The molecule has 0 spiro atoms. The first-order chi connectivity index (χ1) is 4.16. The second kappa shape index (κ2) is 5.82. The van der Waals surface area contributed by atoms with Gasteiger partial charge in [0.05, 0.1) is 0 Å². The van der Waals surface area contributed by atoms with Crippen molar-refractivity contribution < 1.29 is 0 Å². The monoisotopic (exact) mass is 232 g/mol. The minimum absolute atomic E-state index is 0.145. The van der Waals surface area contributed by atoms with E-state index in [2.05, 4.69) is 22.9 Å². The van der Waals surface area contributed by atoms with Crippen LogP contribution in [0.15, 0.2) is 0 Å². The molecule has 0 aliphatic heterocycles. The van der Waals surface area contributed by atoms with Crippen LogP contribution in [0.2, 0.25) is 0 Å². The van der Waals surface area contributed by atoms with Crippen LogP contribution in [0, 0.1) is 0 Å². The summed E-state index contributed by atoms with van der Waals surface area (Å²) in [6, 6.07) is 0. The second-order valence-corrected chi connectivity index (χ2v) is 4.60. The molecule has 0 nitrogen and oxygen atoms in total. The third-order valence-corrected chi connectivity index (χ3v) is 2.41. The lowest BCUT2D eigenvalue weighted by Gasteiger charge is -2.05. The topological polar surface area (TPSA) is 0 Å². The summed E-state index contributed by atoms with van der Waals surface area (Å²) in [5.74, 6) is 0.557. The van der Waals surface area contributed by atoms with Crippen LogP contribution in [0.4, 0.5) is 0 Å². The van der Waals surface area contributed by atoms with E-state index in [4.69, 9.17) is 23.2 Å². The highest BCUT2D eigenvalue weighted by atomic mass is 79.9. The molecule has 2 unspecified atom stereocenters. The molecule has 0 aromatic carbocycles. The lowest BCUT2D eigenvalue weighted by atomic mass is 10.2. The number of hydrogen-bond acceptors (Lipinski definition) is 0. The van der Waals surface area contributed by atoms with Gasteiger partial charge in [0.2, 0.25) is 0 Å². The minimum Gasteiger partial charge on any atom is -0.125 e. The lowest BCUT2D eigenvalue weighted by molar-refractivity contribution is 0.728. The summed E-state index contributed by atoms with van der Waals surface area (Å²) in [6.45, 7) is 2.11. The summed E-state index contributed by atoms with van der Waals surface area (Å²) < 4.78 is 0. The third kappa shape index (κ3) is 6.95. The van der Waals surface area contributed by atoms with Crippen LogP contribution in [-0.2, 0) is 0 Å². The van der Waals surface area contributed by atoms with Crippen LogP contribution in [-0.4, -0.2) is 16.1 Å². The molecule has 0 amide bonds. The molecule has 0 aliphatic rings. The molecule has 0 aromatic rings. The van der Waals surface area contributed by atoms with E-state index in [1.165, 1.54) is 0 Å². The van der Waals surface area contributed by atoms with E-state index in [1.807, 2.05) is 0 Å². The molecule has 0 saturated carbocycles. The van der Waals surface area contributed by atoms with Gasteiger partial charge in [-0.15, -0.1) is 23.2 Å². The number of halogens is 3. The van der Waals surface area contributed by atoms with Gasteiger partial charge in [0.15, 0.2) is 0 Å². The number of alkyl halides is 3. The summed E-state index contributed by atoms with van der Waals surface area (Å²) in [7, 11) is 0. The van der Waals surface area contributed by atoms with E-state index < -0.39 is 0 Å². The Balaban J connectivity index is 3.06. The first-order valence-electron chi connectivity index (χ1n) is 3.01. The Morgan fingerprint density at radius 3 is 2.33 bits per heavy atom. The van der Waals surface area contributed by atoms with Gasteiger partial charge in [-0.1, -0.05) is 22.9 Å². The first-order valence-corrected chi connectivity index (χ1v) is 4.89. The summed E-state index contributed by atoms with van der Waals surface area (Å²) in [5, 5.41) is 0.145. The van der Waals surface area contributed by atoms with Crippen LogP contribution in [0.3, 0.4) is 0 Å². The summed E-state index contributed by atoms with van der Waals surface area (Å²) >= 11 is 14.7. The molecule has 0 radical (unpaired) electrons. The largest absolute Gasteiger partial charge is 0.125 e. The minimum atomic E-state index is 0.145. The van der Waals surface area contributed by atoms with Crippen molar-refractivity contribution in [3.63, 3.8) is 0 Å². The fraction of sp³-hybridized carbons (Fsp3) is 1.00. The zero-order valence-electron chi connectivity index (χ0n) is 5.41. The zero-order chi connectivity index (χ0) is 7.28. The van der Waals surface area contributed by atoms with Crippen molar-refractivity contribution in [1.82, 2.24) is 0 Å². The first kappa shape index (κ1) is 10.1. The fourth-order valence-electron chi connectivity index (χ4n) is 0.488. The Bertz CT molecular complexity index is 66.1. The van der Waals surface area contributed by atoms with E-state index in [9.17, 15) is 0 Å². The van der Waals surface area contributed by atoms with Crippen LogP contribution < -0.4 is 0 Å². The fourth-order valence-corrected chi connectivity index (χ4v) is 1.03. The molecular weight excluding hydrogens is 223 g/mol. The van der Waals surface area contributed by atoms with Crippen LogP contribution in [0.25, 0.3) is 0 Å². The second-order valence-electron chi connectivity index (χ2n) is 2.11. The van der Waals surface area contributed by atoms with Gasteiger partial charge in [0.25, 0.3) is 0 Å². The average molecular weight is 234 g/mol. The Kier molecular flexibility index (Phi) is 6.50. The molecule has 0 bridgehead atoms. The Labute approximate surface area is 75.0 Å². The van der Waals surface area contributed by atoms with E-state index >= 15 is 0 Å². The molecule has 0 aromatic heterocycles. The molecule has 0 saturated heterocycles. The highest BCUT2D eigenvalue weighted by Crippen LogP contribution is 2.13. The Hall–Kier alpha value is 1.06. The predicted octanol–water partition coefficient (Wildman–Crippen LogP) is 3.40. The maximum atomic E-state index is 5.76. The van der Waals surface area contributed by atoms with E-state index in [0.717, 1.165) is 12.8 Å². The van der Waals surface area contributed by atoms with Crippen LogP contribution in [0.5, 0.6) is 0 Å². The average Bonchev–Trinajstić information content (AvgIpc) is 1.83. The van der Waals surface area contributed by atoms with E-state index in [0.29, 0.717) is 10.7 Å². The Morgan fingerprint density at radius 2 is 2.00 bits per heavy atom. The van der Waals surface area contributed by atoms with Crippen molar-refractivity contribution >= 4 is 39.1 Å². The number of hydrogen-bond donors (Lipinski definition) is 0. The standard InChI is InChI=1S/C6H11BrCl2/c1-5(7)2-3-6(9)4-8/h5-6H,2-4H2,1H3. The molecule has 0 fully saturated rings. The molecule has 3 heteroatoms. The molecule has 0 aliphatic carbocycles. The normalized spacial score (nSPS) is 17.3. The van der Waals surface area contributed by atoms with Crippen molar-refractivity contribution in [1.29, 1.82) is 0 Å². The van der Waals surface area contributed by atoms with Gasteiger partial charge in [0.1, 0.15) is 0 Å². The van der Waals surface area contributed by atoms with Crippen molar-refractivity contribution in [2.24, 2.45) is 0 Å². The maximum Gasteiger partial charge on any atom is 0.0471 e. The van der Waals surface area contributed by atoms with Gasteiger partial charge in [-0.05, 0) is 12.8 Å². The third-order valence-electron chi connectivity index (χ3n) is 1.05. The van der Waals surface area contributed by atoms with Gasteiger partial charge in [-0.2, -0.15) is 0 Å².